The van der Waals surface area contributed by atoms with Crippen LogP contribution in [-0.4, -0.2) is 45.3 Å². The molecule has 0 bridgehead atoms. The zero-order valence-electron chi connectivity index (χ0n) is 12.0. The monoisotopic (exact) mass is 297 g/mol. The molecule has 0 radical (unpaired) electrons. The Morgan fingerprint density at radius 2 is 1.85 bits per heavy atom. The summed E-state index contributed by atoms with van der Waals surface area (Å²) in [5, 5.41) is 0. The first-order valence-corrected chi connectivity index (χ1v) is 8.74. The van der Waals surface area contributed by atoms with Crippen LogP contribution in [0.25, 0.3) is 0 Å². The maximum atomic E-state index is 12.3. The van der Waals surface area contributed by atoms with Crippen LogP contribution < -0.4 is 0 Å². The Balaban J connectivity index is 1.85. The van der Waals surface area contributed by atoms with Gasteiger partial charge in [-0.05, 0) is 30.7 Å². The van der Waals surface area contributed by atoms with Gasteiger partial charge in [0.15, 0.2) is 0 Å². The van der Waals surface area contributed by atoms with Gasteiger partial charge in [-0.15, -0.1) is 0 Å². The van der Waals surface area contributed by atoms with Crippen LogP contribution in [0.4, 0.5) is 0 Å². The molecule has 0 amide bonds. The van der Waals surface area contributed by atoms with Crippen molar-refractivity contribution in [1.82, 2.24) is 4.31 Å². The van der Waals surface area contributed by atoms with Gasteiger partial charge >= 0.3 is 0 Å². The van der Waals surface area contributed by atoms with E-state index in [1.165, 1.54) is 4.31 Å². The van der Waals surface area contributed by atoms with Gasteiger partial charge in [-0.25, -0.2) is 12.7 Å². The molecule has 1 aromatic rings. The highest BCUT2D eigenvalue weighted by Crippen LogP contribution is 2.17. The van der Waals surface area contributed by atoms with Gasteiger partial charge in [0, 0.05) is 26.8 Å². The van der Waals surface area contributed by atoms with Gasteiger partial charge in [-0.3, -0.25) is 0 Å². The summed E-state index contributed by atoms with van der Waals surface area (Å²) in [6, 6.07) is 9.75. The molecule has 112 valence electrons. The molecule has 0 aliphatic carbocycles. The number of ether oxygens (including phenoxy) is 1. The van der Waals surface area contributed by atoms with Gasteiger partial charge in [-0.1, -0.05) is 30.3 Å². The molecule has 0 N–H and O–H groups in total. The first-order chi connectivity index (χ1) is 9.58. The van der Waals surface area contributed by atoms with E-state index < -0.39 is 10.0 Å². The number of aryl methyl sites for hydroxylation is 1. The van der Waals surface area contributed by atoms with Crippen molar-refractivity contribution in [2.45, 2.75) is 19.3 Å². The number of hydrogen-bond donors (Lipinski definition) is 0. The third kappa shape index (κ3) is 4.58. The Morgan fingerprint density at radius 1 is 1.20 bits per heavy atom. The molecule has 0 saturated carbocycles. The van der Waals surface area contributed by atoms with Gasteiger partial charge in [0.25, 0.3) is 0 Å². The summed E-state index contributed by atoms with van der Waals surface area (Å²) in [6.45, 7) is 2.12. The minimum Gasteiger partial charge on any atom is -0.381 e. The lowest BCUT2D eigenvalue weighted by atomic mass is 10.0. The van der Waals surface area contributed by atoms with Gasteiger partial charge in [0.2, 0.25) is 10.0 Å². The minimum atomic E-state index is -3.17. The highest BCUT2D eigenvalue weighted by Gasteiger charge is 2.23. The number of rotatable bonds is 6. The van der Waals surface area contributed by atoms with Crippen LogP contribution in [0, 0.1) is 5.92 Å². The molecular formula is C15H23NO3S. The van der Waals surface area contributed by atoms with Crippen molar-refractivity contribution in [3.63, 3.8) is 0 Å². The van der Waals surface area contributed by atoms with Gasteiger partial charge in [0.05, 0.1) is 5.75 Å². The average molecular weight is 297 g/mol. The summed E-state index contributed by atoms with van der Waals surface area (Å²) in [7, 11) is -1.48. The Morgan fingerprint density at radius 3 is 2.50 bits per heavy atom. The summed E-state index contributed by atoms with van der Waals surface area (Å²) < 4.78 is 31.4. The number of nitrogens with zero attached hydrogens (tertiary/aromatic N) is 1. The molecule has 1 saturated heterocycles. The lowest BCUT2D eigenvalue weighted by Gasteiger charge is -2.26. The summed E-state index contributed by atoms with van der Waals surface area (Å²) >= 11 is 0. The van der Waals surface area contributed by atoms with Crippen molar-refractivity contribution in [1.29, 1.82) is 0 Å². The fraction of sp³-hybridized carbons (Fsp3) is 0.600. The number of hydrogen-bond acceptors (Lipinski definition) is 3. The quantitative estimate of drug-likeness (QED) is 0.806. The molecule has 0 aromatic heterocycles. The SMILES string of the molecule is CN(CC1CCOCC1)S(=O)(=O)CCc1ccccc1. The molecule has 1 aliphatic rings. The summed E-state index contributed by atoms with van der Waals surface area (Å²) in [5.74, 6) is 0.608. The van der Waals surface area contributed by atoms with E-state index in [4.69, 9.17) is 4.74 Å². The van der Waals surface area contributed by atoms with Gasteiger partial charge in [-0.2, -0.15) is 0 Å². The maximum Gasteiger partial charge on any atom is 0.214 e. The molecule has 4 nitrogen and oxygen atoms in total. The Kier molecular flexibility index (Phi) is 5.57. The van der Waals surface area contributed by atoms with E-state index in [0.29, 0.717) is 18.9 Å². The molecule has 2 rings (SSSR count). The van der Waals surface area contributed by atoms with Crippen molar-refractivity contribution in [3.8, 4) is 0 Å². The van der Waals surface area contributed by atoms with Crippen LogP contribution in [0.2, 0.25) is 0 Å². The second kappa shape index (κ2) is 7.20. The predicted molar refractivity (Wildman–Crippen MR) is 80.1 cm³/mol. The third-order valence-corrected chi connectivity index (χ3v) is 5.64. The number of sulfonamides is 1. The summed E-state index contributed by atoms with van der Waals surface area (Å²) in [4.78, 5) is 0. The van der Waals surface area contributed by atoms with E-state index in [-0.39, 0.29) is 5.75 Å². The van der Waals surface area contributed by atoms with Crippen molar-refractivity contribution in [2.75, 3.05) is 32.6 Å². The fourth-order valence-corrected chi connectivity index (χ4v) is 3.70. The predicted octanol–water partition coefficient (Wildman–Crippen LogP) is 1.92. The maximum absolute atomic E-state index is 12.3. The second-order valence-corrected chi connectivity index (χ2v) is 7.58. The molecule has 1 fully saturated rings. The molecule has 1 aliphatic heterocycles. The lowest BCUT2D eigenvalue weighted by molar-refractivity contribution is 0.0620. The first kappa shape index (κ1) is 15.5. The standard InChI is InChI=1S/C15H23NO3S/c1-16(13-15-7-10-19-11-8-15)20(17,18)12-9-14-5-3-2-4-6-14/h2-6,15H,7-13H2,1H3. The van der Waals surface area contributed by atoms with Crippen LogP contribution in [0.15, 0.2) is 30.3 Å². The van der Waals surface area contributed by atoms with Crippen LogP contribution in [0.1, 0.15) is 18.4 Å². The molecule has 1 heterocycles. The van der Waals surface area contributed by atoms with Crippen molar-refractivity contribution < 1.29 is 13.2 Å². The highest BCUT2D eigenvalue weighted by molar-refractivity contribution is 7.89. The zero-order valence-corrected chi connectivity index (χ0v) is 12.8. The normalized spacial score (nSPS) is 17.5. The first-order valence-electron chi connectivity index (χ1n) is 7.13. The van der Waals surface area contributed by atoms with E-state index in [9.17, 15) is 8.42 Å². The van der Waals surface area contributed by atoms with Gasteiger partial charge in [0.1, 0.15) is 0 Å². The average Bonchev–Trinajstić information content (AvgIpc) is 2.47. The molecule has 0 atom stereocenters. The largest absolute Gasteiger partial charge is 0.381 e. The van der Waals surface area contributed by atoms with E-state index >= 15 is 0 Å². The van der Waals surface area contributed by atoms with Crippen LogP contribution in [0.5, 0.6) is 0 Å². The molecule has 0 spiro atoms. The molecule has 0 unspecified atom stereocenters. The summed E-state index contributed by atoms with van der Waals surface area (Å²) in [5.41, 5.74) is 1.07. The van der Waals surface area contributed by atoms with Crippen molar-refractivity contribution >= 4 is 10.0 Å². The Bertz CT molecular complexity index is 495. The van der Waals surface area contributed by atoms with Gasteiger partial charge < -0.3 is 4.74 Å². The summed E-state index contributed by atoms with van der Waals surface area (Å²) in [6.07, 6.45) is 2.48. The lowest BCUT2D eigenvalue weighted by Crippen LogP contribution is -2.36. The van der Waals surface area contributed by atoms with E-state index in [1.807, 2.05) is 30.3 Å². The minimum absolute atomic E-state index is 0.177. The highest BCUT2D eigenvalue weighted by atomic mass is 32.2. The third-order valence-electron chi connectivity index (χ3n) is 3.82. The fourth-order valence-electron chi connectivity index (χ4n) is 2.45. The molecular weight excluding hydrogens is 274 g/mol. The second-order valence-electron chi connectivity index (χ2n) is 5.39. The van der Waals surface area contributed by atoms with Crippen LogP contribution in [-0.2, 0) is 21.2 Å². The number of benzene rings is 1. The Hall–Kier alpha value is -0.910. The van der Waals surface area contributed by atoms with Crippen molar-refractivity contribution in [3.05, 3.63) is 35.9 Å². The topological polar surface area (TPSA) is 46.6 Å². The van der Waals surface area contributed by atoms with E-state index in [2.05, 4.69) is 0 Å². The van der Waals surface area contributed by atoms with Crippen LogP contribution in [0.3, 0.4) is 0 Å². The molecule has 20 heavy (non-hydrogen) atoms. The van der Waals surface area contributed by atoms with Crippen molar-refractivity contribution in [2.24, 2.45) is 5.92 Å². The van der Waals surface area contributed by atoms with E-state index in [0.717, 1.165) is 31.6 Å². The Labute approximate surface area is 121 Å². The molecule has 1 aromatic carbocycles. The smallest absolute Gasteiger partial charge is 0.214 e. The van der Waals surface area contributed by atoms with E-state index in [1.54, 1.807) is 7.05 Å². The van der Waals surface area contributed by atoms with Crippen LogP contribution >= 0.6 is 0 Å². The zero-order chi connectivity index (χ0) is 14.4. The molecule has 5 heteroatoms.